The highest BCUT2D eigenvalue weighted by Gasteiger charge is 2.25. The molecule has 1 saturated heterocycles. The second kappa shape index (κ2) is 8.71. The maximum absolute atomic E-state index is 12.4. The molecule has 0 aliphatic carbocycles. The largest absolute Gasteiger partial charge is 0.363 e. The van der Waals surface area contributed by atoms with E-state index >= 15 is 0 Å². The summed E-state index contributed by atoms with van der Waals surface area (Å²) in [4.78, 5) is 27.3. The van der Waals surface area contributed by atoms with E-state index < -0.39 is 4.92 Å². The molecule has 0 atom stereocenters. The standard InChI is InChI=1S/C21H23N5O3/c1-15-4-3-5-18(16(15)2)23-21(27)14-24-8-10-25(11-9-24)20-12-17(13-22)6-7-19(20)26(28)29/h3-7,12H,8-11,14H2,1-2H3,(H,23,27). The van der Waals surface area contributed by atoms with Crippen LogP contribution in [0.5, 0.6) is 0 Å². The number of aryl methyl sites for hydroxylation is 1. The van der Waals surface area contributed by atoms with Crippen LogP contribution >= 0.6 is 0 Å². The molecule has 2 aromatic rings. The Morgan fingerprint density at radius 1 is 1.21 bits per heavy atom. The predicted octanol–water partition coefficient (Wildman–Crippen LogP) is 2.84. The molecule has 1 amide bonds. The lowest BCUT2D eigenvalue weighted by Crippen LogP contribution is -2.48. The number of carbonyl (C=O) groups excluding carboxylic acids is 1. The van der Waals surface area contributed by atoms with Crippen molar-refractivity contribution in [3.05, 3.63) is 63.2 Å². The van der Waals surface area contributed by atoms with Gasteiger partial charge in [0.05, 0.1) is 23.1 Å². The molecular weight excluding hydrogens is 370 g/mol. The van der Waals surface area contributed by atoms with Crippen LogP contribution in [0.1, 0.15) is 16.7 Å². The average Bonchev–Trinajstić information content (AvgIpc) is 2.71. The van der Waals surface area contributed by atoms with Crippen molar-refractivity contribution in [1.29, 1.82) is 5.26 Å². The number of carbonyl (C=O) groups is 1. The molecule has 0 spiro atoms. The summed E-state index contributed by atoms with van der Waals surface area (Å²) in [5.41, 5.74) is 3.82. The third-order valence-corrected chi connectivity index (χ3v) is 5.26. The van der Waals surface area contributed by atoms with Gasteiger partial charge in [-0.05, 0) is 43.2 Å². The van der Waals surface area contributed by atoms with Gasteiger partial charge in [-0.1, -0.05) is 12.1 Å². The van der Waals surface area contributed by atoms with Crippen molar-refractivity contribution in [2.45, 2.75) is 13.8 Å². The fraction of sp³-hybridized carbons (Fsp3) is 0.333. The molecule has 0 aromatic heterocycles. The van der Waals surface area contributed by atoms with Crippen molar-refractivity contribution in [3.8, 4) is 6.07 Å². The average molecular weight is 393 g/mol. The number of amides is 1. The zero-order valence-electron chi connectivity index (χ0n) is 16.5. The Kier molecular flexibility index (Phi) is 6.10. The van der Waals surface area contributed by atoms with Crippen LogP contribution in [-0.4, -0.2) is 48.5 Å². The van der Waals surface area contributed by atoms with E-state index in [1.165, 1.54) is 12.1 Å². The fourth-order valence-corrected chi connectivity index (χ4v) is 3.43. The Morgan fingerprint density at radius 3 is 2.59 bits per heavy atom. The zero-order chi connectivity index (χ0) is 21.0. The maximum atomic E-state index is 12.4. The Bertz CT molecular complexity index is 975. The lowest BCUT2D eigenvalue weighted by Gasteiger charge is -2.35. The minimum Gasteiger partial charge on any atom is -0.363 e. The van der Waals surface area contributed by atoms with E-state index in [9.17, 15) is 14.9 Å². The maximum Gasteiger partial charge on any atom is 0.292 e. The number of anilines is 2. The Labute approximate surface area is 169 Å². The third-order valence-electron chi connectivity index (χ3n) is 5.26. The molecule has 0 saturated carbocycles. The van der Waals surface area contributed by atoms with Gasteiger partial charge in [0.2, 0.25) is 5.91 Å². The summed E-state index contributed by atoms with van der Waals surface area (Å²) in [5, 5.41) is 23.4. The molecule has 8 nitrogen and oxygen atoms in total. The van der Waals surface area contributed by atoms with E-state index in [2.05, 4.69) is 5.32 Å². The predicted molar refractivity (Wildman–Crippen MR) is 111 cm³/mol. The number of rotatable bonds is 5. The molecule has 1 fully saturated rings. The van der Waals surface area contributed by atoms with E-state index in [0.717, 1.165) is 16.8 Å². The van der Waals surface area contributed by atoms with Crippen LogP contribution in [-0.2, 0) is 4.79 Å². The first-order chi connectivity index (χ1) is 13.9. The van der Waals surface area contributed by atoms with Gasteiger partial charge in [0.1, 0.15) is 5.69 Å². The normalized spacial score (nSPS) is 14.3. The molecule has 2 aromatic carbocycles. The van der Waals surface area contributed by atoms with Crippen LogP contribution in [0.4, 0.5) is 17.1 Å². The van der Waals surface area contributed by atoms with E-state index in [0.29, 0.717) is 37.4 Å². The summed E-state index contributed by atoms with van der Waals surface area (Å²) < 4.78 is 0. The minimum atomic E-state index is -0.430. The first-order valence-corrected chi connectivity index (χ1v) is 9.41. The Balaban J connectivity index is 1.61. The molecular formula is C21H23N5O3. The zero-order valence-corrected chi connectivity index (χ0v) is 16.5. The molecule has 0 bridgehead atoms. The van der Waals surface area contributed by atoms with Crippen molar-refractivity contribution in [2.75, 3.05) is 42.9 Å². The highest BCUT2D eigenvalue weighted by Crippen LogP contribution is 2.30. The Hall–Kier alpha value is -3.44. The summed E-state index contributed by atoms with van der Waals surface area (Å²) >= 11 is 0. The number of nitro groups is 1. The number of nitriles is 1. The van der Waals surface area contributed by atoms with Gasteiger partial charge >= 0.3 is 0 Å². The highest BCUT2D eigenvalue weighted by molar-refractivity contribution is 5.93. The highest BCUT2D eigenvalue weighted by atomic mass is 16.6. The molecule has 0 unspecified atom stereocenters. The summed E-state index contributed by atoms with van der Waals surface area (Å²) in [7, 11) is 0. The summed E-state index contributed by atoms with van der Waals surface area (Å²) in [6, 6.07) is 12.2. The van der Waals surface area contributed by atoms with Crippen LogP contribution in [0, 0.1) is 35.3 Å². The van der Waals surface area contributed by atoms with Gasteiger partial charge in [0.25, 0.3) is 5.69 Å². The van der Waals surface area contributed by atoms with Crippen LogP contribution in [0.25, 0.3) is 0 Å². The van der Waals surface area contributed by atoms with Gasteiger partial charge in [-0.15, -0.1) is 0 Å². The van der Waals surface area contributed by atoms with Crippen LogP contribution in [0.3, 0.4) is 0 Å². The lowest BCUT2D eigenvalue weighted by atomic mass is 10.1. The quantitative estimate of drug-likeness (QED) is 0.619. The number of piperazine rings is 1. The van der Waals surface area contributed by atoms with Gasteiger partial charge in [-0.25, -0.2) is 0 Å². The van der Waals surface area contributed by atoms with Gasteiger partial charge in [0.15, 0.2) is 0 Å². The number of hydrogen-bond acceptors (Lipinski definition) is 6. The molecule has 150 valence electrons. The first-order valence-electron chi connectivity index (χ1n) is 9.41. The molecule has 8 heteroatoms. The van der Waals surface area contributed by atoms with Crippen LogP contribution < -0.4 is 10.2 Å². The Morgan fingerprint density at radius 2 is 1.93 bits per heavy atom. The summed E-state index contributed by atoms with van der Waals surface area (Å²) in [6.07, 6.45) is 0. The molecule has 1 aliphatic rings. The molecule has 1 N–H and O–H groups in total. The van der Waals surface area contributed by atoms with Crippen molar-refractivity contribution >= 4 is 23.0 Å². The van der Waals surface area contributed by atoms with E-state index in [1.54, 1.807) is 6.07 Å². The number of nitrogens with zero attached hydrogens (tertiary/aromatic N) is 4. The minimum absolute atomic E-state index is 0.00915. The molecule has 0 radical (unpaired) electrons. The molecule has 29 heavy (non-hydrogen) atoms. The topological polar surface area (TPSA) is 103 Å². The van der Waals surface area contributed by atoms with E-state index in [4.69, 9.17) is 5.26 Å². The smallest absolute Gasteiger partial charge is 0.292 e. The summed E-state index contributed by atoms with van der Waals surface area (Å²) in [6.45, 7) is 6.56. The van der Waals surface area contributed by atoms with Gasteiger partial charge < -0.3 is 10.2 Å². The second-order valence-corrected chi connectivity index (χ2v) is 7.13. The van der Waals surface area contributed by atoms with Gasteiger partial charge in [-0.2, -0.15) is 5.26 Å². The van der Waals surface area contributed by atoms with E-state index in [-0.39, 0.29) is 18.1 Å². The fourth-order valence-electron chi connectivity index (χ4n) is 3.43. The van der Waals surface area contributed by atoms with Crippen LogP contribution in [0.2, 0.25) is 0 Å². The third kappa shape index (κ3) is 4.70. The van der Waals surface area contributed by atoms with Crippen LogP contribution in [0.15, 0.2) is 36.4 Å². The van der Waals surface area contributed by atoms with Gasteiger partial charge in [-0.3, -0.25) is 19.8 Å². The van der Waals surface area contributed by atoms with Crippen molar-refractivity contribution in [3.63, 3.8) is 0 Å². The molecule has 3 rings (SSSR count). The first kappa shape index (κ1) is 20.3. The number of benzene rings is 2. The monoisotopic (exact) mass is 393 g/mol. The number of nitrogens with one attached hydrogen (secondary N) is 1. The lowest BCUT2D eigenvalue weighted by molar-refractivity contribution is -0.384. The second-order valence-electron chi connectivity index (χ2n) is 7.13. The van der Waals surface area contributed by atoms with Gasteiger partial charge in [0, 0.05) is 37.9 Å². The number of hydrogen-bond donors (Lipinski definition) is 1. The van der Waals surface area contributed by atoms with Crippen molar-refractivity contribution in [2.24, 2.45) is 0 Å². The number of nitro benzene ring substituents is 1. The van der Waals surface area contributed by atoms with Crippen molar-refractivity contribution in [1.82, 2.24) is 4.90 Å². The van der Waals surface area contributed by atoms with Crippen molar-refractivity contribution < 1.29 is 9.72 Å². The van der Waals surface area contributed by atoms with E-state index in [1.807, 2.05) is 47.9 Å². The SMILES string of the molecule is Cc1cccc(NC(=O)CN2CCN(c3cc(C#N)ccc3[N+](=O)[O-])CC2)c1C. The molecule has 1 heterocycles. The molecule has 1 aliphatic heterocycles. The summed E-state index contributed by atoms with van der Waals surface area (Å²) in [5.74, 6) is -0.0791.